The van der Waals surface area contributed by atoms with Gasteiger partial charge < -0.3 is 0 Å². The van der Waals surface area contributed by atoms with Crippen LogP contribution in [0, 0.1) is 12.7 Å². The first-order valence-electron chi connectivity index (χ1n) is 5.60. The highest BCUT2D eigenvalue weighted by Crippen LogP contribution is 2.30. The fourth-order valence-corrected chi connectivity index (χ4v) is 2.55. The molecule has 2 aromatic carbocycles. The molecule has 0 heterocycles. The lowest BCUT2D eigenvalue weighted by molar-refractivity contribution is 0.557. The molecule has 0 amide bonds. The van der Waals surface area contributed by atoms with Crippen LogP contribution in [-0.4, -0.2) is 0 Å². The fraction of sp³-hybridized carbons (Fsp3) is 0.143. The van der Waals surface area contributed by atoms with Crippen LogP contribution in [0.2, 0.25) is 0 Å². The molecule has 0 spiro atoms. The Labute approximate surface area is 114 Å². The maximum atomic E-state index is 13.9. The number of benzene rings is 2. The van der Waals surface area contributed by atoms with E-state index in [4.69, 9.17) is 5.84 Å². The Balaban J connectivity index is 2.52. The Hall–Kier alpha value is -1.23. The standard InChI is InChI=1S/C14H14BrFN2/c1-9-4-2-5-10(8-9)14(18-17)13-11(15)6-3-7-12(13)16/h2-8,14,18H,17H2,1H3. The molecule has 3 N–H and O–H groups in total. The molecule has 0 saturated carbocycles. The van der Waals surface area contributed by atoms with Gasteiger partial charge in [-0.15, -0.1) is 0 Å². The number of rotatable bonds is 3. The highest BCUT2D eigenvalue weighted by Gasteiger charge is 2.19. The van der Waals surface area contributed by atoms with E-state index in [9.17, 15) is 4.39 Å². The van der Waals surface area contributed by atoms with E-state index in [1.165, 1.54) is 6.07 Å². The van der Waals surface area contributed by atoms with Gasteiger partial charge in [-0.25, -0.2) is 9.82 Å². The Morgan fingerprint density at radius 1 is 1.22 bits per heavy atom. The van der Waals surface area contributed by atoms with Crippen molar-refractivity contribution in [3.05, 3.63) is 69.4 Å². The minimum Gasteiger partial charge on any atom is -0.271 e. The van der Waals surface area contributed by atoms with Crippen molar-refractivity contribution in [1.82, 2.24) is 5.43 Å². The smallest absolute Gasteiger partial charge is 0.129 e. The summed E-state index contributed by atoms with van der Waals surface area (Å²) < 4.78 is 14.6. The third-order valence-corrected chi connectivity index (χ3v) is 3.52. The summed E-state index contributed by atoms with van der Waals surface area (Å²) in [6.45, 7) is 1.99. The van der Waals surface area contributed by atoms with Gasteiger partial charge in [0.15, 0.2) is 0 Å². The van der Waals surface area contributed by atoms with E-state index in [-0.39, 0.29) is 11.9 Å². The summed E-state index contributed by atoms with van der Waals surface area (Å²) in [5, 5.41) is 0. The predicted octanol–water partition coefficient (Wildman–Crippen LogP) is 3.45. The molecule has 1 atom stereocenters. The first-order valence-corrected chi connectivity index (χ1v) is 6.39. The Bertz CT molecular complexity index is 537. The quantitative estimate of drug-likeness (QED) is 0.673. The molecule has 2 aromatic rings. The number of nitrogens with one attached hydrogen (secondary N) is 1. The molecule has 0 aliphatic carbocycles. The van der Waals surface area contributed by atoms with Crippen molar-refractivity contribution < 1.29 is 4.39 Å². The van der Waals surface area contributed by atoms with Crippen molar-refractivity contribution in [2.45, 2.75) is 13.0 Å². The number of hydrogen-bond donors (Lipinski definition) is 2. The van der Waals surface area contributed by atoms with E-state index < -0.39 is 0 Å². The zero-order chi connectivity index (χ0) is 13.1. The van der Waals surface area contributed by atoms with Crippen LogP contribution in [0.5, 0.6) is 0 Å². The van der Waals surface area contributed by atoms with Gasteiger partial charge in [-0.3, -0.25) is 5.84 Å². The number of hydrogen-bond acceptors (Lipinski definition) is 2. The molecule has 0 saturated heterocycles. The molecule has 0 aromatic heterocycles. The summed E-state index contributed by atoms with van der Waals surface area (Å²) in [5.41, 5.74) is 5.24. The van der Waals surface area contributed by atoms with Crippen LogP contribution in [0.4, 0.5) is 4.39 Å². The summed E-state index contributed by atoms with van der Waals surface area (Å²) in [6.07, 6.45) is 0. The molecule has 94 valence electrons. The average Bonchev–Trinajstić information content (AvgIpc) is 2.34. The van der Waals surface area contributed by atoms with Gasteiger partial charge in [0.25, 0.3) is 0 Å². The number of aryl methyl sites for hydroxylation is 1. The van der Waals surface area contributed by atoms with E-state index in [1.54, 1.807) is 12.1 Å². The van der Waals surface area contributed by atoms with Crippen molar-refractivity contribution in [2.75, 3.05) is 0 Å². The van der Waals surface area contributed by atoms with Crippen molar-refractivity contribution in [2.24, 2.45) is 5.84 Å². The summed E-state index contributed by atoms with van der Waals surface area (Å²) >= 11 is 3.37. The van der Waals surface area contributed by atoms with Crippen LogP contribution in [-0.2, 0) is 0 Å². The van der Waals surface area contributed by atoms with E-state index in [0.29, 0.717) is 10.0 Å². The van der Waals surface area contributed by atoms with Crippen molar-refractivity contribution in [1.29, 1.82) is 0 Å². The molecule has 2 nitrogen and oxygen atoms in total. The molecule has 1 unspecified atom stereocenters. The molecule has 0 radical (unpaired) electrons. The molecule has 0 aliphatic rings. The predicted molar refractivity (Wildman–Crippen MR) is 74.4 cm³/mol. The van der Waals surface area contributed by atoms with Crippen LogP contribution in [0.3, 0.4) is 0 Å². The first kappa shape index (κ1) is 13.2. The topological polar surface area (TPSA) is 38.0 Å². The average molecular weight is 309 g/mol. The lowest BCUT2D eigenvalue weighted by Gasteiger charge is -2.19. The van der Waals surface area contributed by atoms with Crippen molar-refractivity contribution >= 4 is 15.9 Å². The number of hydrazine groups is 1. The molecular weight excluding hydrogens is 295 g/mol. The van der Waals surface area contributed by atoms with Gasteiger partial charge in [-0.2, -0.15) is 0 Å². The lowest BCUT2D eigenvalue weighted by atomic mass is 9.97. The van der Waals surface area contributed by atoms with Gasteiger partial charge in [0.1, 0.15) is 5.82 Å². The normalized spacial score (nSPS) is 12.4. The lowest BCUT2D eigenvalue weighted by Crippen LogP contribution is -2.29. The molecule has 2 rings (SSSR count). The number of nitrogens with two attached hydrogens (primary N) is 1. The van der Waals surface area contributed by atoms with Gasteiger partial charge in [-0.05, 0) is 24.6 Å². The zero-order valence-corrected chi connectivity index (χ0v) is 11.5. The molecule has 0 fully saturated rings. The van der Waals surface area contributed by atoms with Gasteiger partial charge >= 0.3 is 0 Å². The van der Waals surface area contributed by atoms with Crippen LogP contribution in [0.25, 0.3) is 0 Å². The maximum Gasteiger partial charge on any atom is 0.129 e. The monoisotopic (exact) mass is 308 g/mol. The second-order valence-corrected chi connectivity index (χ2v) is 5.00. The highest BCUT2D eigenvalue weighted by molar-refractivity contribution is 9.10. The van der Waals surface area contributed by atoms with Gasteiger partial charge in [0, 0.05) is 10.0 Å². The fourth-order valence-electron chi connectivity index (χ4n) is 1.98. The van der Waals surface area contributed by atoms with E-state index in [1.807, 2.05) is 31.2 Å². The minimum absolute atomic E-state index is 0.283. The molecule has 0 aliphatic heterocycles. The maximum absolute atomic E-state index is 13.9. The van der Waals surface area contributed by atoms with Crippen LogP contribution in [0.15, 0.2) is 46.9 Å². The van der Waals surface area contributed by atoms with Crippen molar-refractivity contribution in [3.63, 3.8) is 0 Å². The second-order valence-electron chi connectivity index (χ2n) is 4.15. The highest BCUT2D eigenvalue weighted by atomic mass is 79.9. The number of halogens is 2. The van der Waals surface area contributed by atoms with Gasteiger partial charge in [0.2, 0.25) is 0 Å². The summed E-state index contributed by atoms with van der Waals surface area (Å²) in [5.74, 6) is 5.30. The SMILES string of the molecule is Cc1cccc(C(NN)c2c(F)cccc2Br)c1. The first-order chi connectivity index (χ1) is 8.63. The van der Waals surface area contributed by atoms with Crippen LogP contribution in [0.1, 0.15) is 22.7 Å². The van der Waals surface area contributed by atoms with Crippen molar-refractivity contribution in [3.8, 4) is 0 Å². The molecule has 0 bridgehead atoms. The zero-order valence-electron chi connectivity index (χ0n) is 9.95. The van der Waals surface area contributed by atoms with Gasteiger partial charge in [-0.1, -0.05) is 51.8 Å². The minimum atomic E-state index is -0.375. The summed E-state index contributed by atoms with van der Waals surface area (Å²) in [7, 11) is 0. The van der Waals surface area contributed by atoms with E-state index >= 15 is 0 Å². The molecule has 18 heavy (non-hydrogen) atoms. The molecular formula is C14H14BrFN2. The third-order valence-electron chi connectivity index (χ3n) is 2.83. The molecule has 4 heteroatoms. The summed E-state index contributed by atoms with van der Waals surface area (Å²) in [4.78, 5) is 0. The van der Waals surface area contributed by atoms with E-state index in [0.717, 1.165) is 11.1 Å². The van der Waals surface area contributed by atoms with Crippen LogP contribution < -0.4 is 11.3 Å². The second kappa shape index (κ2) is 5.61. The van der Waals surface area contributed by atoms with Gasteiger partial charge in [0.05, 0.1) is 6.04 Å². The summed E-state index contributed by atoms with van der Waals surface area (Å²) in [6, 6.07) is 12.4. The van der Waals surface area contributed by atoms with E-state index in [2.05, 4.69) is 21.4 Å². The Kier molecular flexibility index (Phi) is 4.11. The Morgan fingerprint density at radius 2 is 1.94 bits per heavy atom. The Morgan fingerprint density at radius 3 is 2.56 bits per heavy atom. The largest absolute Gasteiger partial charge is 0.271 e. The third kappa shape index (κ3) is 2.61. The van der Waals surface area contributed by atoms with Crippen LogP contribution >= 0.6 is 15.9 Å².